The number of pyridine rings is 1. The molecule has 1 aromatic heterocycles. The van der Waals surface area contributed by atoms with E-state index in [1.54, 1.807) is 0 Å². The van der Waals surface area contributed by atoms with E-state index in [9.17, 15) is 0 Å². The van der Waals surface area contributed by atoms with Gasteiger partial charge in [0.1, 0.15) is 7.28 Å². The molecule has 2 nitrogen and oxygen atoms in total. The van der Waals surface area contributed by atoms with Gasteiger partial charge in [0.2, 0.25) is 0 Å². The number of aromatic nitrogens is 1. The summed E-state index contributed by atoms with van der Waals surface area (Å²) < 4.78 is 0. The molecule has 1 heterocycles. The highest BCUT2D eigenvalue weighted by Gasteiger charge is 2.01. The Morgan fingerprint density at radius 1 is 1.35 bits per heavy atom. The van der Waals surface area contributed by atoms with Gasteiger partial charge in [-0.25, -0.2) is 0 Å². The fourth-order valence-corrected chi connectivity index (χ4v) is 2.04. The first-order chi connectivity index (χ1) is 8.31. The molecule has 0 aliphatic rings. The maximum atomic E-state index is 5.96. The molecule has 0 fully saturated rings. The van der Waals surface area contributed by atoms with E-state index in [0.29, 0.717) is 0 Å². The van der Waals surface area contributed by atoms with Crippen molar-refractivity contribution < 1.29 is 0 Å². The molecule has 1 aromatic carbocycles. The third kappa shape index (κ3) is 3.13. The number of hydrogen-bond acceptors (Lipinski definition) is 2. The Balaban J connectivity index is 2.16. The zero-order valence-electron chi connectivity index (χ0n) is 10.0. The van der Waals surface area contributed by atoms with Crippen LogP contribution in [0.3, 0.4) is 0 Å². The Morgan fingerprint density at radius 3 is 3.06 bits per heavy atom. The van der Waals surface area contributed by atoms with Crippen LogP contribution >= 0.6 is 11.6 Å². The van der Waals surface area contributed by atoms with Crippen LogP contribution in [0.5, 0.6) is 0 Å². The number of anilines is 1. The molecule has 2 aromatic rings. The van der Waals surface area contributed by atoms with E-state index in [4.69, 9.17) is 11.6 Å². The number of halogens is 1. The number of rotatable bonds is 5. The lowest BCUT2D eigenvalue weighted by atomic mass is 9.77. The van der Waals surface area contributed by atoms with Crippen LogP contribution in [0.1, 0.15) is 6.42 Å². The second kappa shape index (κ2) is 5.92. The summed E-state index contributed by atoms with van der Waals surface area (Å²) in [7, 11) is 1.24. The third-order valence-corrected chi connectivity index (χ3v) is 3.04. The van der Waals surface area contributed by atoms with Crippen LogP contribution in [-0.4, -0.2) is 18.8 Å². The van der Waals surface area contributed by atoms with E-state index in [2.05, 4.69) is 17.1 Å². The minimum Gasteiger partial charge on any atom is -0.384 e. The van der Waals surface area contributed by atoms with Crippen LogP contribution in [0.25, 0.3) is 10.9 Å². The van der Waals surface area contributed by atoms with Gasteiger partial charge in [0.05, 0.1) is 5.52 Å². The van der Waals surface area contributed by atoms with Gasteiger partial charge in [0, 0.05) is 28.8 Å². The lowest BCUT2D eigenvalue weighted by Gasteiger charge is -2.09. The normalized spacial score (nSPS) is 10.5. The summed E-state index contributed by atoms with van der Waals surface area (Å²) in [5, 5.41) is 5.32. The topological polar surface area (TPSA) is 24.9 Å². The van der Waals surface area contributed by atoms with Crippen LogP contribution in [0.15, 0.2) is 30.5 Å². The Morgan fingerprint density at radius 2 is 2.24 bits per heavy atom. The Bertz CT molecular complexity index is 502. The summed E-state index contributed by atoms with van der Waals surface area (Å²) in [4.78, 5) is 4.32. The average molecular weight is 247 g/mol. The molecular formula is C13H16BClN2. The van der Waals surface area contributed by atoms with Crippen molar-refractivity contribution in [2.75, 3.05) is 11.9 Å². The van der Waals surface area contributed by atoms with Gasteiger partial charge < -0.3 is 5.32 Å². The maximum absolute atomic E-state index is 5.96. The molecule has 0 amide bonds. The lowest BCUT2D eigenvalue weighted by Crippen LogP contribution is -2.02. The van der Waals surface area contributed by atoms with Crippen molar-refractivity contribution in [2.45, 2.75) is 19.6 Å². The molecule has 0 bridgehead atoms. The second-order valence-corrected chi connectivity index (χ2v) is 4.59. The molecular weight excluding hydrogens is 230 g/mol. The first-order valence-electron chi connectivity index (χ1n) is 6.09. The van der Waals surface area contributed by atoms with Gasteiger partial charge in [-0.05, 0) is 30.7 Å². The molecule has 2 rings (SSSR count). The smallest absolute Gasteiger partial charge is 0.117 e. The van der Waals surface area contributed by atoms with Crippen LogP contribution in [-0.2, 0) is 0 Å². The average Bonchev–Trinajstić information content (AvgIpc) is 2.34. The summed E-state index contributed by atoms with van der Waals surface area (Å²) in [5.74, 6) is 0. The predicted molar refractivity (Wildman–Crippen MR) is 77.7 cm³/mol. The van der Waals surface area contributed by atoms with Crippen molar-refractivity contribution in [3.05, 3.63) is 35.5 Å². The van der Waals surface area contributed by atoms with Crippen molar-refractivity contribution in [1.29, 1.82) is 0 Å². The SMILES string of the molecule is CBCCCNc1ccnc2cc(Cl)ccc12. The van der Waals surface area contributed by atoms with Gasteiger partial charge >= 0.3 is 0 Å². The van der Waals surface area contributed by atoms with Crippen LogP contribution in [0.4, 0.5) is 5.69 Å². The Hall–Kier alpha value is -1.22. The standard InChI is InChI=1S/C13H16BClN2/c1-14-6-2-7-16-12-5-8-17-13-9-10(15)3-4-11(12)13/h3-5,8-9,14H,2,6-7H2,1H3,(H,16,17). The highest BCUT2D eigenvalue weighted by Crippen LogP contribution is 2.24. The number of nitrogens with zero attached hydrogens (tertiary/aromatic N) is 1. The van der Waals surface area contributed by atoms with E-state index in [1.165, 1.54) is 20.0 Å². The molecule has 0 saturated heterocycles. The van der Waals surface area contributed by atoms with Crippen molar-refractivity contribution in [2.24, 2.45) is 0 Å². The van der Waals surface area contributed by atoms with E-state index < -0.39 is 0 Å². The molecule has 0 aliphatic carbocycles. The van der Waals surface area contributed by atoms with E-state index >= 15 is 0 Å². The number of fused-ring (bicyclic) bond motifs is 1. The quantitative estimate of drug-likeness (QED) is 0.644. The van der Waals surface area contributed by atoms with Crippen molar-refractivity contribution >= 4 is 35.5 Å². The summed E-state index contributed by atoms with van der Waals surface area (Å²) in [6, 6.07) is 7.84. The predicted octanol–water partition coefficient (Wildman–Crippen LogP) is 3.59. The van der Waals surface area contributed by atoms with Crippen LogP contribution in [0, 0.1) is 0 Å². The number of nitrogens with one attached hydrogen (secondary N) is 1. The molecule has 0 unspecified atom stereocenters. The van der Waals surface area contributed by atoms with Gasteiger partial charge in [-0.1, -0.05) is 24.7 Å². The summed E-state index contributed by atoms with van der Waals surface area (Å²) in [5.41, 5.74) is 2.08. The number of benzene rings is 1. The molecule has 0 spiro atoms. The summed E-state index contributed by atoms with van der Waals surface area (Å²) in [6.07, 6.45) is 4.29. The van der Waals surface area contributed by atoms with E-state index in [0.717, 1.165) is 28.2 Å². The fourth-order valence-electron chi connectivity index (χ4n) is 1.87. The Labute approximate surface area is 108 Å². The van der Waals surface area contributed by atoms with E-state index in [1.807, 2.05) is 30.5 Å². The highest BCUT2D eigenvalue weighted by atomic mass is 35.5. The van der Waals surface area contributed by atoms with Gasteiger partial charge in [-0.15, -0.1) is 0 Å². The van der Waals surface area contributed by atoms with Gasteiger partial charge in [-0.2, -0.15) is 0 Å². The van der Waals surface area contributed by atoms with Crippen LogP contribution < -0.4 is 5.32 Å². The molecule has 0 aliphatic heterocycles. The minimum atomic E-state index is 0.730. The first-order valence-corrected chi connectivity index (χ1v) is 6.47. The van der Waals surface area contributed by atoms with Crippen molar-refractivity contribution in [1.82, 2.24) is 4.98 Å². The molecule has 0 radical (unpaired) electrons. The molecule has 88 valence electrons. The monoisotopic (exact) mass is 246 g/mol. The van der Waals surface area contributed by atoms with E-state index in [-0.39, 0.29) is 0 Å². The van der Waals surface area contributed by atoms with Crippen LogP contribution in [0.2, 0.25) is 18.2 Å². The Kier molecular flexibility index (Phi) is 4.26. The highest BCUT2D eigenvalue weighted by molar-refractivity contribution is 6.33. The van der Waals surface area contributed by atoms with Crippen molar-refractivity contribution in [3.8, 4) is 0 Å². The summed E-state index contributed by atoms with van der Waals surface area (Å²) >= 11 is 5.96. The van der Waals surface area contributed by atoms with Gasteiger partial charge in [-0.3, -0.25) is 4.98 Å². The maximum Gasteiger partial charge on any atom is 0.117 e. The molecule has 4 heteroatoms. The molecule has 0 saturated carbocycles. The largest absolute Gasteiger partial charge is 0.384 e. The summed E-state index contributed by atoms with van der Waals surface area (Å²) in [6.45, 7) is 3.22. The zero-order chi connectivity index (χ0) is 12.1. The van der Waals surface area contributed by atoms with Crippen molar-refractivity contribution in [3.63, 3.8) is 0 Å². The zero-order valence-corrected chi connectivity index (χ0v) is 10.8. The first kappa shape index (κ1) is 12.2. The minimum absolute atomic E-state index is 0.730. The van der Waals surface area contributed by atoms with Gasteiger partial charge in [0.15, 0.2) is 0 Å². The molecule has 0 atom stereocenters. The second-order valence-electron chi connectivity index (χ2n) is 4.15. The fraction of sp³-hybridized carbons (Fsp3) is 0.308. The third-order valence-electron chi connectivity index (χ3n) is 2.80. The van der Waals surface area contributed by atoms with Gasteiger partial charge in [0.25, 0.3) is 0 Å². The molecule has 1 N–H and O–H groups in total. The lowest BCUT2D eigenvalue weighted by molar-refractivity contribution is 0.973. The molecule has 17 heavy (non-hydrogen) atoms. The number of hydrogen-bond donors (Lipinski definition) is 1.